The van der Waals surface area contributed by atoms with E-state index in [0.717, 1.165) is 17.8 Å². The zero-order valence-electron chi connectivity index (χ0n) is 12.0. The molecule has 0 aliphatic heterocycles. The lowest BCUT2D eigenvalue weighted by Crippen LogP contribution is -2.11. The first kappa shape index (κ1) is 16.1. The van der Waals surface area contributed by atoms with Gasteiger partial charge in [0.1, 0.15) is 5.01 Å². The smallest absolute Gasteiger partial charge is 0.303 e. The first-order valence-corrected chi connectivity index (χ1v) is 7.83. The Hall–Kier alpha value is -2.28. The van der Waals surface area contributed by atoms with Gasteiger partial charge in [-0.1, -0.05) is 41.7 Å². The number of aromatic nitrogens is 2. The van der Waals surface area contributed by atoms with Crippen molar-refractivity contribution in [2.45, 2.75) is 32.1 Å². The number of nitrogens with zero attached hydrogens (tertiary/aromatic N) is 2. The molecule has 0 bridgehead atoms. The number of carbonyl (C=O) groups excluding carboxylic acids is 1. The van der Waals surface area contributed by atoms with Crippen molar-refractivity contribution >= 4 is 28.3 Å². The Morgan fingerprint density at radius 3 is 2.59 bits per heavy atom. The van der Waals surface area contributed by atoms with Crippen molar-refractivity contribution in [1.82, 2.24) is 10.2 Å². The van der Waals surface area contributed by atoms with Crippen LogP contribution >= 0.6 is 11.3 Å². The van der Waals surface area contributed by atoms with Gasteiger partial charge in [0, 0.05) is 19.3 Å². The summed E-state index contributed by atoms with van der Waals surface area (Å²) in [6.45, 7) is 0. The SMILES string of the molecule is O=C(O)CCCC(=O)Nc1nnc(CCc2ccccc2)s1. The van der Waals surface area contributed by atoms with Crippen LogP contribution < -0.4 is 5.32 Å². The third kappa shape index (κ3) is 5.61. The summed E-state index contributed by atoms with van der Waals surface area (Å²) in [6.07, 6.45) is 2.14. The Balaban J connectivity index is 1.76. The molecule has 2 N–H and O–H groups in total. The number of aliphatic carboxylic acids is 1. The van der Waals surface area contributed by atoms with Gasteiger partial charge < -0.3 is 10.4 Å². The number of aryl methyl sites for hydroxylation is 2. The summed E-state index contributed by atoms with van der Waals surface area (Å²) < 4.78 is 0. The van der Waals surface area contributed by atoms with Gasteiger partial charge in [0.25, 0.3) is 0 Å². The van der Waals surface area contributed by atoms with Crippen molar-refractivity contribution in [2.24, 2.45) is 0 Å². The van der Waals surface area contributed by atoms with Crippen LogP contribution in [0.2, 0.25) is 0 Å². The van der Waals surface area contributed by atoms with E-state index in [9.17, 15) is 9.59 Å². The van der Waals surface area contributed by atoms with Crippen molar-refractivity contribution in [3.8, 4) is 0 Å². The van der Waals surface area contributed by atoms with Gasteiger partial charge in [0.05, 0.1) is 0 Å². The van der Waals surface area contributed by atoms with Crippen LogP contribution in [0, 0.1) is 0 Å². The van der Waals surface area contributed by atoms with Crippen LogP contribution in [0.4, 0.5) is 5.13 Å². The maximum atomic E-state index is 11.6. The molecular weight excluding hydrogens is 302 g/mol. The molecule has 1 heterocycles. The van der Waals surface area contributed by atoms with E-state index in [0.29, 0.717) is 11.6 Å². The number of carbonyl (C=O) groups is 2. The van der Waals surface area contributed by atoms with E-state index in [1.54, 1.807) is 0 Å². The van der Waals surface area contributed by atoms with Crippen LogP contribution in [0.1, 0.15) is 29.8 Å². The minimum Gasteiger partial charge on any atom is -0.481 e. The van der Waals surface area contributed by atoms with Crippen LogP contribution in [0.3, 0.4) is 0 Å². The zero-order chi connectivity index (χ0) is 15.8. The molecule has 7 heteroatoms. The Kier molecular flexibility index (Phi) is 6.02. The standard InChI is InChI=1S/C15H17N3O3S/c19-12(7-4-8-14(20)21)16-15-18-17-13(22-15)10-9-11-5-2-1-3-6-11/h1-3,5-6H,4,7-10H2,(H,20,21)(H,16,18,19). The number of carboxylic acids is 1. The van der Waals surface area contributed by atoms with E-state index in [1.165, 1.54) is 16.9 Å². The fourth-order valence-electron chi connectivity index (χ4n) is 1.88. The second-order valence-corrected chi connectivity index (χ2v) is 5.84. The molecule has 1 aromatic carbocycles. The largest absolute Gasteiger partial charge is 0.481 e. The fourth-order valence-corrected chi connectivity index (χ4v) is 2.64. The van der Waals surface area contributed by atoms with Gasteiger partial charge in [-0.3, -0.25) is 9.59 Å². The van der Waals surface area contributed by atoms with Crippen LogP contribution in [-0.2, 0) is 22.4 Å². The molecule has 0 spiro atoms. The Bertz CT molecular complexity index is 628. The quantitative estimate of drug-likeness (QED) is 0.780. The van der Waals surface area contributed by atoms with E-state index < -0.39 is 5.97 Å². The second-order valence-electron chi connectivity index (χ2n) is 4.78. The average Bonchev–Trinajstić information content (AvgIpc) is 2.93. The van der Waals surface area contributed by atoms with E-state index in [-0.39, 0.29) is 18.7 Å². The van der Waals surface area contributed by atoms with Gasteiger partial charge in [0.2, 0.25) is 11.0 Å². The van der Waals surface area contributed by atoms with Crippen molar-refractivity contribution < 1.29 is 14.7 Å². The normalized spacial score (nSPS) is 10.4. The zero-order valence-corrected chi connectivity index (χ0v) is 12.8. The number of amides is 1. The van der Waals surface area contributed by atoms with Crippen LogP contribution in [0.15, 0.2) is 30.3 Å². The Morgan fingerprint density at radius 2 is 1.86 bits per heavy atom. The molecule has 1 aromatic heterocycles. The molecule has 0 aliphatic carbocycles. The lowest BCUT2D eigenvalue weighted by molar-refractivity contribution is -0.137. The predicted molar refractivity (Wildman–Crippen MR) is 83.9 cm³/mol. The second kappa shape index (κ2) is 8.23. The number of rotatable bonds is 8. The van der Waals surface area contributed by atoms with Crippen LogP contribution in [0.25, 0.3) is 0 Å². The van der Waals surface area contributed by atoms with Gasteiger partial charge in [0.15, 0.2) is 0 Å². The van der Waals surface area contributed by atoms with Gasteiger partial charge in [-0.25, -0.2) is 0 Å². The molecule has 116 valence electrons. The Morgan fingerprint density at radius 1 is 1.09 bits per heavy atom. The van der Waals surface area contributed by atoms with E-state index >= 15 is 0 Å². The van der Waals surface area contributed by atoms with Gasteiger partial charge in [-0.2, -0.15) is 0 Å². The molecule has 0 radical (unpaired) electrons. The number of anilines is 1. The monoisotopic (exact) mass is 319 g/mol. The molecule has 0 atom stereocenters. The summed E-state index contributed by atoms with van der Waals surface area (Å²) >= 11 is 1.35. The first-order valence-electron chi connectivity index (χ1n) is 7.01. The van der Waals surface area contributed by atoms with E-state index in [4.69, 9.17) is 5.11 Å². The molecule has 22 heavy (non-hydrogen) atoms. The highest BCUT2D eigenvalue weighted by atomic mass is 32.1. The summed E-state index contributed by atoms with van der Waals surface area (Å²) in [6, 6.07) is 10.1. The lowest BCUT2D eigenvalue weighted by Gasteiger charge is -1.99. The number of hydrogen-bond donors (Lipinski definition) is 2. The van der Waals surface area contributed by atoms with Gasteiger partial charge >= 0.3 is 5.97 Å². The first-order chi connectivity index (χ1) is 10.6. The lowest BCUT2D eigenvalue weighted by atomic mass is 10.1. The van der Waals surface area contributed by atoms with Crippen LogP contribution in [-0.4, -0.2) is 27.2 Å². The molecule has 0 aliphatic rings. The van der Waals surface area contributed by atoms with E-state index in [2.05, 4.69) is 27.6 Å². The molecular formula is C15H17N3O3S. The Labute approximate surface area is 132 Å². The topological polar surface area (TPSA) is 92.2 Å². The van der Waals surface area contributed by atoms with Crippen LogP contribution in [0.5, 0.6) is 0 Å². The average molecular weight is 319 g/mol. The molecule has 1 amide bonds. The summed E-state index contributed by atoms with van der Waals surface area (Å²) in [5.74, 6) is -1.13. The van der Waals surface area contributed by atoms with Crippen molar-refractivity contribution in [3.63, 3.8) is 0 Å². The minimum absolute atomic E-state index is 0.00807. The molecule has 0 fully saturated rings. The van der Waals surface area contributed by atoms with Crippen molar-refractivity contribution in [3.05, 3.63) is 40.9 Å². The number of benzene rings is 1. The molecule has 0 saturated heterocycles. The van der Waals surface area contributed by atoms with Gasteiger partial charge in [-0.05, 0) is 18.4 Å². The summed E-state index contributed by atoms with van der Waals surface area (Å²) in [4.78, 5) is 22.0. The summed E-state index contributed by atoms with van der Waals surface area (Å²) in [5, 5.41) is 20.5. The van der Waals surface area contributed by atoms with E-state index in [1.807, 2.05) is 18.2 Å². The summed E-state index contributed by atoms with van der Waals surface area (Å²) in [7, 11) is 0. The number of hydrogen-bond acceptors (Lipinski definition) is 5. The minimum atomic E-state index is -0.896. The molecule has 0 saturated carbocycles. The van der Waals surface area contributed by atoms with Crippen molar-refractivity contribution in [2.75, 3.05) is 5.32 Å². The highest BCUT2D eigenvalue weighted by Crippen LogP contribution is 2.17. The molecule has 2 rings (SSSR count). The van der Waals surface area contributed by atoms with Crippen molar-refractivity contribution in [1.29, 1.82) is 0 Å². The fraction of sp³-hybridized carbons (Fsp3) is 0.333. The maximum Gasteiger partial charge on any atom is 0.303 e. The molecule has 6 nitrogen and oxygen atoms in total. The summed E-state index contributed by atoms with van der Waals surface area (Å²) in [5.41, 5.74) is 1.23. The molecule has 2 aromatic rings. The van der Waals surface area contributed by atoms with Gasteiger partial charge in [-0.15, -0.1) is 10.2 Å². The third-order valence-electron chi connectivity index (χ3n) is 2.98. The number of carboxylic acid groups (broad SMARTS) is 1. The predicted octanol–water partition coefficient (Wildman–Crippen LogP) is 2.52. The number of nitrogens with one attached hydrogen (secondary N) is 1. The molecule has 0 unspecified atom stereocenters. The maximum absolute atomic E-state index is 11.6. The third-order valence-corrected chi connectivity index (χ3v) is 3.88. The highest BCUT2D eigenvalue weighted by Gasteiger charge is 2.09. The highest BCUT2D eigenvalue weighted by molar-refractivity contribution is 7.15.